The standard InChI is InChI=1S/C24H18ClFN4O/c25-19-13-17(8-11-20(19)26)23-24(16-6-9-18(27)10-7-16)30-21(14-28-23)29-22(31)12-15-4-2-1-3-5-15/h1-11,13-14H,12,27H2,(H,29,30,31). The summed E-state index contributed by atoms with van der Waals surface area (Å²) in [4.78, 5) is 21.6. The molecule has 1 aromatic heterocycles. The molecule has 0 aliphatic rings. The number of carbonyl (C=O) groups excluding carboxylic acids is 1. The highest BCUT2D eigenvalue weighted by molar-refractivity contribution is 6.31. The molecule has 1 heterocycles. The molecule has 0 spiro atoms. The Kier molecular flexibility index (Phi) is 5.91. The lowest BCUT2D eigenvalue weighted by atomic mass is 10.0. The smallest absolute Gasteiger partial charge is 0.229 e. The number of benzene rings is 3. The Morgan fingerprint density at radius 3 is 2.39 bits per heavy atom. The van der Waals surface area contributed by atoms with Crippen molar-refractivity contribution in [1.82, 2.24) is 9.97 Å². The first-order valence-corrected chi connectivity index (χ1v) is 9.89. The molecule has 0 saturated heterocycles. The van der Waals surface area contributed by atoms with Gasteiger partial charge in [0.25, 0.3) is 0 Å². The SMILES string of the molecule is Nc1ccc(-c2nc(NC(=O)Cc3ccccc3)cnc2-c2ccc(F)c(Cl)c2)cc1. The monoisotopic (exact) mass is 432 g/mol. The summed E-state index contributed by atoms with van der Waals surface area (Å²) < 4.78 is 13.6. The number of rotatable bonds is 5. The van der Waals surface area contributed by atoms with E-state index in [1.165, 1.54) is 18.3 Å². The molecule has 3 aromatic carbocycles. The molecule has 4 aromatic rings. The summed E-state index contributed by atoms with van der Waals surface area (Å²) in [5, 5.41) is 2.78. The Balaban J connectivity index is 1.70. The highest BCUT2D eigenvalue weighted by atomic mass is 35.5. The van der Waals surface area contributed by atoms with Crippen LogP contribution in [-0.4, -0.2) is 15.9 Å². The first kappa shape index (κ1) is 20.5. The van der Waals surface area contributed by atoms with Gasteiger partial charge in [-0.15, -0.1) is 0 Å². The maximum absolute atomic E-state index is 13.6. The maximum Gasteiger partial charge on any atom is 0.229 e. The van der Waals surface area contributed by atoms with Crippen LogP contribution in [0.1, 0.15) is 5.56 Å². The van der Waals surface area contributed by atoms with Crippen LogP contribution in [-0.2, 0) is 11.2 Å². The lowest BCUT2D eigenvalue weighted by Crippen LogP contribution is -2.16. The van der Waals surface area contributed by atoms with Gasteiger partial charge in [0.05, 0.1) is 29.0 Å². The molecule has 0 aliphatic carbocycles. The fraction of sp³-hybridized carbons (Fsp3) is 0.0417. The van der Waals surface area contributed by atoms with Gasteiger partial charge in [-0.05, 0) is 35.9 Å². The third-order valence-corrected chi connectivity index (χ3v) is 4.91. The number of hydrogen-bond donors (Lipinski definition) is 2. The van der Waals surface area contributed by atoms with E-state index in [0.29, 0.717) is 28.5 Å². The average Bonchev–Trinajstić information content (AvgIpc) is 2.77. The topological polar surface area (TPSA) is 80.9 Å². The molecule has 0 aliphatic heterocycles. The lowest BCUT2D eigenvalue weighted by Gasteiger charge is -2.12. The second-order valence-electron chi connectivity index (χ2n) is 6.91. The zero-order valence-corrected chi connectivity index (χ0v) is 17.1. The van der Waals surface area contributed by atoms with Crippen LogP contribution in [0, 0.1) is 5.82 Å². The molecule has 1 amide bonds. The Hall–Kier alpha value is -3.77. The van der Waals surface area contributed by atoms with Crippen molar-refractivity contribution in [2.24, 2.45) is 0 Å². The summed E-state index contributed by atoms with van der Waals surface area (Å²) in [5.41, 5.74) is 9.68. The van der Waals surface area contributed by atoms with Crippen molar-refractivity contribution in [1.29, 1.82) is 0 Å². The molecule has 7 heteroatoms. The summed E-state index contributed by atoms with van der Waals surface area (Å²) in [6.07, 6.45) is 1.69. The number of amides is 1. The molecule has 0 radical (unpaired) electrons. The van der Waals surface area contributed by atoms with Crippen LogP contribution in [0.4, 0.5) is 15.9 Å². The van der Waals surface area contributed by atoms with E-state index in [0.717, 1.165) is 11.1 Å². The molecule has 5 nitrogen and oxygen atoms in total. The quantitative estimate of drug-likeness (QED) is 0.415. The van der Waals surface area contributed by atoms with Crippen molar-refractivity contribution in [3.05, 3.63) is 95.4 Å². The summed E-state index contributed by atoms with van der Waals surface area (Å²) in [6, 6.07) is 20.9. The molecule has 0 fully saturated rings. The first-order chi connectivity index (χ1) is 15.0. The molecule has 0 atom stereocenters. The number of halogens is 2. The number of nitrogens with one attached hydrogen (secondary N) is 1. The van der Waals surface area contributed by atoms with Gasteiger partial charge in [-0.25, -0.2) is 9.37 Å². The van der Waals surface area contributed by atoms with Gasteiger partial charge in [0.15, 0.2) is 5.82 Å². The van der Waals surface area contributed by atoms with Crippen LogP contribution in [0.3, 0.4) is 0 Å². The minimum atomic E-state index is -0.516. The minimum absolute atomic E-state index is 0.0113. The van der Waals surface area contributed by atoms with E-state index in [1.54, 1.807) is 18.2 Å². The van der Waals surface area contributed by atoms with Crippen LogP contribution < -0.4 is 11.1 Å². The van der Waals surface area contributed by atoms with Gasteiger partial charge in [0.2, 0.25) is 5.91 Å². The third kappa shape index (κ3) is 4.87. The summed E-state index contributed by atoms with van der Waals surface area (Å²) in [6.45, 7) is 0. The van der Waals surface area contributed by atoms with Gasteiger partial charge >= 0.3 is 0 Å². The van der Waals surface area contributed by atoms with Gasteiger partial charge in [0.1, 0.15) is 5.82 Å². The molecule has 0 unspecified atom stereocenters. The van der Waals surface area contributed by atoms with E-state index < -0.39 is 5.82 Å². The average molecular weight is 433 g/mol. The molecule has 0 bridgehead atoms. The Morgan fingerprint density at radius 2 is 1.68 bits per heavy atom. The van der Waals surface area contributed by atoms with E-state index in [1.807, 2.05) is 42.5 Å². The van der Waals surface area contributed by atoms with Crippen molar-refractivity contribution in [2.45, 2.75) is 6.42 Å². The van der Waals surface area contributed by atoms with E-state index in [2.05, 4.69) is 15.3 Å². The van der Waals surface area contributed by atoms with E-state index in [-0.39, 0.29) is 17.4 Å². The van der Waals surface area contributed by atoms with Crippen molar-refractivity contribution in [3.8, 4) is 22.5 Å². The van der Waals surface area contributed by atoms with E-state index in [9.17, 15) is 9.18 Å². The largest absolute Gasteiger partial charge is 0.399 e. The number of carbonyl (C=O) groups is 1. The molecule has 3 N–H and O–H groups in total. The second-order valence-corrected chi connectivity index (χ2v) is 7.32. The van der Waals surface area contributed by atoms with Crippen molar-refractivity contribution in [3.63, 3.8) is 0 Å². The first-order valence-electron chi connectivity index (χ1n) is 9.52. The zero-order valence-electron chi connectivity index (χ0n) is 16.3. The van der Waals surface area contributed by atoms with Gasteiger partial charge in [-0.2, -0.15) is 0 Å². The number of nitrogens with two attached hydrogens (primary N) is 1. The summed E-state index contributed by atoms with van der Waals surface area (Å²) >= 11 is 5.96. The van der Waals surface area contributed by atoms with Crippen LogP contribution >= 0.6 is 11.6 Å². The maximum atomic E-state index is 13.6. The molecule has 31 heavy (non-hydrogen) atoms. The molecular weight excluding hydrogens is 415 g/mol. The van der Waals surface area contributed by atoms with Gasteiger partial charge in [-0.1, -0.05) is 54.1 Å². The fourth-order valence-electron chi connectivity index (χ4n) is 3.11. The fourth-order valence-corrected chi connectivity index (χ4v) is 3.30. The lowest BCUT2D eigenvalue weighted by molar-refractivity contribution is -0.115. The van der Waals surface area contributed by atoms with Gasteiger partial charge < -0.3 is 11.1 Å². The molecule has 4 rings (SSSR count). The van der Waals surface area contributed by atoms with E-state index >= 15 is 0 Å². The Labute approximate surface area is 183 Å². The van der Waals surface area contributed by atoms with Gasteiger partial charge in [-0.3, -0.25) is 9.78 Å². The molecule has 154 valence electrons. The highest BCUT2D eigenvalue weighted by Crippen LogP contribution is 2.32. The predicted octanol–water partition coefficient (Wildman–Crippen LogP) is 5.37. The third-order valence-electron chi connectivity index (χ3n) is 4.62. The van der Waals surface area contributed by atoms with Crippen LogP contribution in [0.15, 0.2) is 79.0 Å². The normalized spacial score (nSPS) is 10.6. The number of nitrogens with zero attached hydrogens (tertiary/aromatic N) is 2. The zero-order chi connectivity index (χ0) is 21.8. The minimum Gasteiger partial charge on any atom is -0.399 e. The van der Waals surface area contributed by atoms with Crippen molar-refractivity contribution < 1.29 is 9.18 Å². The predicted molar refractivity (Wildman–Crippen MR) is 121 cm³/mol. The van der Waals surface area contributed by atoms with Crippen molar-refractivity contribution in [2.75, 3.05) is 11.1 Å². The Morgan fingerprint density at radius 1 is 0.968 bits per heavy atom. The summed E-state index contributed by atoms with van der Waals surface area (Å²) in [7, 11) is 0. The van der Waals surface area contributed by atoms with Crippen LogP contribution in [0.5, 0.6) is 0 Å². The number of anilines is 2. The molecular formula is C24H18ClFN4O. The number of nitrogen functional groups attached to an aromatic ring is 1. The summed E-state index contributed by atoms with van der Waals surface area (Å²) in [5.74, 6) is -0.414. The number of hydrogen-bond acceptors (Lipinski definition) is 4. The van der Waals surface area contributed by atoms with Crippen molar-refractivity contribution >= 4 is 29.0 Å². The second kappa shape index (κ2) is 8.93. The van der Waals surface area contributed by atoms with Gasteiger partial charge in [0, 0.05) is 16.8 Å². The van der Waals surface area contributed by atoms with E-state index in [4.69, 9.17) is 17.3 Å². The van der Waals surface area contributed by atoms with Crippen LogP contribution in [0.2, 0.25) is 5.02 Å². The number of aromatic nitrogens is 2. The van der Waals surface area contributed by atoms with Crippen LogP contribution in [0.25, 0.3) is 22.5 Å². The molecule has 0 saturated carbocycles. The Bertz CT molecular complexity index is 1230. The highest BCUT2D eigenvalue weighted by Gasteiger charge is 2.15.